The van der Waals surface area contributed by atoms with Crippen LogP contribution >= 0.6 is 43.5 Å². The highest BCUT2D eigenvalue weighted by atomic mass is 79.9. The smallest absolute Gasteiger partial charge is 0.271 e. The van der Waals surface area contributed by atoms with E-state index >= 15 is 0 Å². The Labute approximate surface area is 191 Å². The Balaban J connectivity index is 1.66. The fraction of sp³-hybridized carbons (Fsp3) is 0.0909. The van der Waals surface area contributed by atoms with Crippen LogP contribution in [0.2, 0.25) is 5.02 Å². The molecule has 0 unspecified atom stereocenters. The topological polar surface area (TPSA) is 50.7 Å². The number of hydrazone groups is 1. The average molecular weight is 537 g/mol. The zero-order valence-electron chi connectivity index (χ0n) is 15.5. The Bertz CT molecular complexity index is 1050. The quantitative estimate of drug-likeness (QED) is 0.288. The molecule has 0 fully saturated rings. The van der Waals surface area contributed by atoms with E-state index in [1.165, 1.54) is 0 Å². The number of hydrogen-bond donors (Lipinski definition) is 1. The van der Waals surface area contributed by atoms with Gasteiger partial charge >= 0.3 is 0 Å². The van der Waals surface area contributed by atoms with E-state index in [0.717, 1.165) is 25.6 Å². The minimum Gasteiger partial charge on any atom is -0.486 e. The van der Waals surface area contributed by atoms with E-state index in [1.54, 1.807) is 12.3 Å². The maximum Gasteiger partial charge on any atom is 0.271 e. The van der Waals surface area contributed by atoms with Gasteiger partial charge in [-0.15, -0.1) is 0 Å². The first-order valence-electron chi connectivity index (χ1n) is 8.69. The molecule has 3 rings (SSSR count). The highest BCUT2D eigenvalue weighted by Gasteiger charge is 2.10. The lowest BCUT2D eigenvalue weighted by molar-refractivity contribution is 0.0955. The standard InChI is InChI=1S/C22H17Br2ClN2O2/c1-14-5-4-7-16(9-14)22(28)27-26-12-15-10-18(23)21(19(24)11-15)29-13-17-6-2-3-8-20(17)25/h2-12H,13H2,1H3,(H,27,28)/b26-12-. The third-order valence-corrected chi connectivity index (χ3v) is 5.56. The lowest BCUT2D eigenvalue weighted by Crippen LogP contribution is -2.17. The van der Waals surface area contributed by atoms with Gasteiger partial charge in [0.05, 0.1) is 15.2 Å². The van der Waals surface area contributed by atoms with Crippen LogP contribution < -0.4 is 10.2 Å². The molecule has 148 valence electrons. The summed E-state index contributed by atoms with van der Waals surface area (Å²) in [4.78, 5) is 12.1. The predicted molar refractivity (Wildman–Crippen MR) is 124 cm³/mol. The van der Waals surface area contributed by atoms with E-state index in [0.29, 0.717) is 22.9 Å². The SMILES string of the molecule is Cc1cccc(C(=O)N/N=C\c2cc(Br)c(OCc3ccccc3Cl)c(Br)c2)c1. The van der Waals surface area contributed by atoms with Gasteiger partial charge in [-0.25, -0.2) is 5.43 Å². The van der Waals surface area contributed by atoms with Crippen LogP contribution in [0.25, 0.3) is 0 Å². The van der Waals surface area contributed by atoms with Crippen LogP contribution in [0.3, 0.4) is 0 Å². The van der Waals surface area contributed by atoms with Gasteiger partial charge < -0.3 is 4.74 Å². The zero-order chi connectivity index (χ0) is 20.8. The first-order chi connectivity index (χ1) is 13.9. The van der Waals surface area contributed by atoms with E-state index in [1.807, 2.05) is 61.5 Å². The van der Waals surface area contributed by atoms with Gasteiger partial charge in [0.15, 0.2) is 0 Å². The molecule has 4 nitrogen and oxygen atoms in total. The number of amides is 1. The monoisotopic (exact) mass is 534 g/mol. The van der Waals surface area contributed by atoms with Crippen molar-refractivity contribution in [1.82, 2.24) is 5.43 Å². The average Bonchev–Trinajstić information content (AvgIpc) is 2.68. The van der Waals surface area contributed by atoms with Crippen molar-refractivity contribution in [2.75, 3.05) is 0 Å². The van der Waals surface area contributed by atoms with Crippen LogP contribution in [0.5, 0.6) is 5.75 Å². The van der Waals surface area contributed by atoms with Crippen molar-refractivity contribution in [1.29, 1.82) is 0 Å². The predicted octanol–water partition coefficient (Wildman–Crippen LogP) is 6.52. The lowest BCUT2D eigenvalue weighted by atomic mass is 10.1. The molecular weight excluding hydrogens is 520 g/mol. The molecular formula is C22H17Br2ClN2O2. The molecule has 0 atom stereocenters. The van der Waals surface area contributed by atoms with E-state index in [-0.39, 0.29) is 5.91 Å². The summed E-state index contributed by atoms with van der Waals surface area (Å²) in [7, 11) is 0. The second kappa shape index (κ2) is 10.1. The minimum absolute atomic E-state index is 0.261. The maximum absolute atomic E-state index is 12.1. The highest BCUT2D eigenvalue weighted by Crippen LogP contribution is 2.35. The summed E-state index contributed by atoms with van der Waals surface area (Å²) in [5.41, 5.74) is 5.80. The van der Waals surface area contributed by atoms with Crippen LogP contribution in [0.15, 0.2) is 74.7 Å². The molecule has 1 amide bonds. The number of carbonyl (C=O) groups is 1. The summed E-state index contributed by atoms with van der Waals surface area (Å²) < 4.78 is 7.42. The Hall–Kier alpha value is -2.15. The molecule has 0 aliphatic carbocycles. The van der Waals surface area contributed by atoms with Crippen molar-refractivity contribution in [3.63, 3.8) is 0 Å². The van der Waals surface area contributed by atoms with Crippen molar-refractivity contribution < 1.29 is 9.53 Å². The number of rotatable bonds is 6. The molecule has 3 aromatic rings. The second-order valence-corrected chi connectivity index (χ2v) is 8.38. The summed E-state index contributed by atoms with van der Waals surface area (Å²) in [6, 6.07) is 18.6. The summed E-state index contributed by atoms with van der Waals surface area (Å²) in [5.74, 6) is 0.397. The fourth-order valence-corrected chi connectivity index (χ4v) is 4.21. The van der Waals surface area contributed by atoms with E-state index < -0.39 is 0 Å². The summed E-state index contributed by atoms with van der Waals surface area (Å²) in [5, 5.41) is 4.70. The number of hydrogen-bond acceptors (Lipinski definition) is 3. The molecule has 7 heteroatoms. The molecule has 3 aromatic carbocycles. The first-order valence-corrected chi connectivity index (χ1v) is 10.7. The van der Waals surface area contributed by atoms with Gasteiger partial charge in [-0.3, -0.25) is 4.79 Å². The molecule has 0 bridgehead atoms. The van der Waals surface area contributed by atoms with Gasteiger partial charge in [-0.1, -0.05) is 47.5 Å². The molecule has 0 spiro atoms. The van der Waals surface area contributed by atoms with Gasteiger partial charge in [0.1, 0.15) is 12.4 Å². The Morgan fingerprint density at radius 1 is 1.10 bits per heavy atom. The summed E-state index contributed by atoms with van der Waals surface area (Å²) >= 11 is 13.2. The highest BCUT2D eigenvalue weighted by molar-refractivity contribution is 9.11. The molecule has 0 radical (unpaired) electrons. The van der Waals surface area contributed by atoms with Crippen LogP contribution in [0.1, 0.15) is 27.0 Å². The molecule has 0 aliphatic rings. The fourth-order valence-electron chi connectivity index (χ4n) is 2.57. The van der Waals surface area contributed by atoms with Crippen LogP contribution in [0.4, 0.5) is 0 Å². The van der Waals surface area contributed by atoms with Crippen molar-refractivity contribution in [2.24, 2.45) is 5.10 Å². The molecule has 1 N–H and O–H groups in total. The number of benzene rings is 3. The molecule has 0 saturated carbocycles. The Kier molecular flexibility index (Phi) is 7.47. The number of aryl methyl sites for hydroxylation is 1. The largest absolute Gasteiger partial charge is 0.486 e. The van der Waals surface area contributed by atoms with Gasteiger partial charge in [0.2, 0.25) is 0 Å². The van der Waals surface area contributed by atoms with Crippen molar-refractivity contribution in [3.05, 3.63) is 96.9 Å². The number of nitrogens with one attached hydrogen (secondary N) is 1. The van der Waals surface area contributed by atoms with E-state index in [2.05, 4.69) is 42.4 Å². The van der Waals surface area contributed by atoms with E-state index in [4.69, 9.17) is 16.3 Å². The Morgan fingerprint density at radius 3 is 2.52 bits per heavy atom. The minimum atomic E-state index is -0.261. The number of ether oxygens (including phenoxy) is 1. The number of carbonyl (C=O) groups excluding carboxylic acids is 1. The number of halogens is 3. The van der Waals surface area contributed by atoms with Crippen molar-refractivity contribution in [2.45, 2.75) is 13.5 Å². The normalized spacial score (nSPS) is 10.9. The molecule has 0 aliphatic heterocycles. The third kappa shape index (κ3) is 5.92. The summed E-state index contributed by atoms with van der Waals surface area (Å²) in [6.45, 7) is 2.28. The number of nitrogens with zero attached hydrogens (tertiary/aromatic N) is 1. The van der Waals surface area contributed by atoms with Crippen LogP contribution in [0, 0.1) is 6.92 Å². The van der Waals surface area contributed by atoms with Crippen molar-refractivity contribution >= 4 is 55.6 Å². The first kappa shape index (κ1) is 21.6. The van der Waals surface area contributed by atoms with Gasteiger partial charge in [-0.05, 0) is 74.7 Å². The molecule has 0 aromatic heterocycles. The van der Waals surface area contributed by atoms with Gasteiger partial charge in [0.25, 0.3) is 5.91 Å². The Morgan fingerprint density at radius 2 is 1.83 bits per heavy atom. The molecule has 29 heavy (non-hydrogen) atoms. The van der Waals surface area contributed by atoms with E-state index in [9.17, 15) is 4.79 Å². The third-order valence-electron chi connectivity index (χ3n) is 4.01. The zero-order valence-corrected chi connectivity index (χ0v) is 19.4. The maximum atomic E-state index is 12.1. The van der Waals surface area contributed by atoms with Crippen LogP contribution in [-0.2, 0) is 6.61 Å². The molecule has 0 heterocycles. The second-order valence-electron chi connectivity index (χ2n) is 6.26. The van der Waals surface area contributed by atoms with Gasteiger partial charge in [-0.2, -0.15) is 5.10 Å². The lowest BCUT2D eigenvalue weighted by Gasteiger charge is -2.12. The van der Waals surface area contributed by atoms with Gasteiger partial charge in [0, 0.05) is 16.1 Å². The van der Waals surface area contributed by atoms with Crippen LogP contribution in [-0.4, -0.2) is 12.1 Å². The summed E-state index contributed by atoms with van der Waals surface area (Å²) in [6.07, 6.45) is 1.57. The molecule has 0 saturated heterocycles. The van der Waals surface area contributed by atoms with Crippen molar-refractivity contribution in [3.8, 4) is 5.75 Å².